The first kappa shape index (κ1) is 18.9. The molecule has 5 heteroatoms. The molecule has 142 valence electrons. The van der Waals surface area contributed by atoms with Gasteiger partial charge in [0, 0.05) is 33.2 Å². The fourth-order valence-electron chi connectivity index (χ4n) is 3.89. The van der Waals surface area contributed by atoms with Gasteiger partial charge in [-0.15, -0.1) is 0 Å². The van der Waals surface area contributed by atoms with Gasteiger partial charge in [0.25, 0.3) is 0 Å². The van der Waals surface area contributed by atoms with Gasteiger partial charge in [0.05, 0.1) is 14.2 Å². The molecule has 1 aliphatic rings. The summed E-state index contributed by atoms with van der Waals surface area (Å²) in [5.74, 6) is 1.22. The molecule has 1 aliphatic carbocycles. The van der Waals surface area contributed by atoms with E-state index in [1.807, 2.05) is 42.5 Å². The monoisotopic (exact) mass is 412 g/mol. The largest absolute Gasteiger partial charge is 0.497 e. The van der Waals surface area contributed by atoms with Gasteiger partial charge >= 0.3 is 0 Å². The number of ether oxygens (including phenoxy) is 2. The maximum absolute atomic E-state index is 13.1. The van der Waals surface area contributed by atoms with E-state index in [-0.39, 0.29) is 11.7 Å². The lowest BCUT2D eigenvalue weighted by atomic mass is 9.75. The summed E-state index contributed by atoms with van der Waals surface area (Å²) >= 11 is 13.1. The van der Waals surface area contributed by atoms with Crippen molar-refractivity contribution >= 4 is 29.0 Å². The van der Waals surface area contributed by atoms with E-state index in [9.17, 15) is 4.79 Å². The van der Waals surface area contributed by atoms with Crippen LogP contribution in [0.3, 0.4) is 0 Å². The smallest absolute Gasteiger partial charge is 0.193 e. The molecule has 0 heterocycles. The molecule has 0 aromatic heterocycles. The molecule has 0 atom stereocenters. The maximum Gasteiger partial charge on any atom is 0.193 e. The molecule has 0 unspecified atom stereocenters. The predicted molar refractivity (Wildman–Crippen MR) is 111 cm³/mol. The highest BCUT2D eigenvalue weighted by Crippen LogP contribution is 2.45. The fourth-order valence-corrected chi connectivity index (χ4v) is 4.50. The molecule has 0 saturated carbocycles. The summed E-state index contributed by atoms with van der Waals surface area (Å²) in [5, 5.41) is 1.13. The van der Waals surface area contributed by atoms with Crippen LogP contribution in [0.5, 0.6) is 11.5 Å². The van der Waals surface area contributed by atoms with Crippen molar-refractivity contribution in [2.45, 2.75) is 12.3 Å². The predicted octanol–water partition coefficient (Wildman–Crippen LogP) is 5.93. The molecule has 0 saturated heterocycles. The van der Waals surface area contributed by atoms with Gasteiger partial charge in [0.15, 0.2) is 5.78 Å². The van der Waals surface area contributed by atoms with Crippen LogP contribution in [0.15, 0.2) is 54.6 Å². The number of benzene rings is 3. The van der Waals surface area contributed by atoms with Crippen molar-refractivity contribution in [3.8, 4) is 11.5 Å². The number of hydrogen-bond donors (Lipinski definition) is 0. The van der Waals surface area contributed by atoms with Gasteiger partial charge in [-0.25, -0.2) is 0 Å². The Kier molecular flexibility index (Phi) is 5.05. The summed E-state index contributed by atoms with van der Waals surface area (Å²) in [6.45, 7) is 0. The minimum Gasteiger partial charge on any atom is -0.497 e. The highest BCUT2D eigenvalue weighted by molar-refractivity contribution is 6.34. The average molecular weight is 413 g/mol. The number of carbonyl (C=O) groups is 1. The second-order valence-corrected chi connectivity index (χ2v) is 7.52. The van der Waals surface area contributed by atoms with E-state index in [0.29, 0.717) is 39.1 Å². The van der Waals surface area contributed by atoms with Crippen LogP contribution in [0.2, 0.25) is 10.0 Å². The summed E-state index contributed by atoms with van der Waals surface area (Å²) < 4.78 is 10.8. The van der Waals surface area contributed by atoms with Crippen LogP contribution in [0.1, 0.15) is 38.5 Å². The first-order valence-corrected chi connectivity index (χ1v) is 9.62. The molecular formula is C23H18Cl2O3. The third-order valence-corrected chi connectivity index (χ3v) is 5.80. The molecule has 28 heavy (non-hydrogen) atoms. The highest BCUT2D eigenvalue weighted by atomic mass is 35.5. The normalized spacial score (nSPS) is 13.1. The minimum atomic E-state index is -0.151. The van der Waals surface area contributed by atoms with Gasteiger partial charge in [-0.3, -0.25) is 4.79 Å². The van der Waals surface area contributed by atoms with Gasteiger partial charge in [-0.2, -0.15) is 0 Å². The van der Waals surface area contributed by atoms with Gasteiger partial charge in [-0.05, 0) is 47.4 Å². The van der Waals surface area contributed by atoms with E-state index in [2.05, 4.69) is 0 Å². The molecule has 0 N–H and O–H groups in total. The third-order valence-electron chi connectivity index (χ3n) is 5.14. The Morgan fingerprint density at radius 1 is 0.821 bits per heavy atom. The molecule has 0 aliphatic heterocycles. The maximum atomic E-state index is 13.1. The summed E-state index contributed by atoms with van der Waals surface area (Å²) in [6.07, 6.45) is 0.605. The number of methoxy groups -OCH3 is 2. The van der Waals surface area contributed by atoms with Crippen LogP contribution in [0.4, 0.5) is 0 Å². The second kappa shape index (κ2) is 7.50. The van der Waals surface area contributed by atoms with Gasteiger partial charge in [0.1, 0.15) is 11.5 Å². The molecule has 3 aromatic rings. The zero-order valence-electron chi connectivity index (χ0n) is 15.5. The van der Waals surface area contributed by atoms with E-state index in [1.54, 1.807) is 26.4 Å². The lowest BCUT2D eigenvalue weighted by Gasteiger charge is -2.29. The van der Waals surface area contributed by atoms with Gasteiger partial charge in [-0.1, -0.05) is 47.5 Å². The zero-order chi connectivity index (χ0) is 19.8. The molecule has 4 rings (SSSR count). The Morgan fingerprint density at radius 3 is 1.79 bits per heavy atom. The Labute approximate surface area is 173 Å². The second-order valence-electron chi connectivity index (χ2n) is 6.71. The van der Waals surface area contributed by atoms with Crippen LogP contribution >= 0.6 is 23.2 Å². The van der Waals surface area contributed by atoms with E-state index < -0.39 is 0 Å². The topological polar surface area (TPSA) is 35.5 Å². The molecule has 0 spiro atoms. The lowest BCUT2D eigenvalue weighted by Crippen LogP contribution is -2.22. The summed E-state index contributed by atoms with van der Waals surface area (Å²) in [7, 11) is 3.24. The van der Waals surface area contributed by atoms with E-state index in [0.717, 1.165) is 16.7 Å². The molecule has 3 nitrogen and oxygen atoms in total. The third kappa shape index (κ3) is 3.15. The SMILES string of the molecule is COc1cc(CC2c3c(Cl)cccc3C(=O)c3cccc(Cl)c32)cc(OC)c1. The lowest BCUT2D eigenvalue weighted by molar-refractivity contribution is 0.103. The van der Waals surface area contributed by atoms with Crippen LogP contribution in [0, 0.1) is 0 Å². The van der Waals surface area contributed by atoms with Gasteiger partial charge < -0.3 is 9.47 Å². The summed E-state index contributed by atoms with van der Waals surface area (Å²) in [6, 6.07) is 16.6. The molecule has 3 aromatic carbocycles. The van der Waals surface area contributed by atoms with Crippen molar-refractivity contribution in [1.29, 1.82) is 0 Å². The van der Waals surface area contributed by atoms with Crippen molar-refractivity contribution in [3.05, 3.63) is 92.5 Å². The number of hydrogen-bond acceptors (Lipinski definition) is 3. The van der Waals surface area contributed by atoms with Crippen molar-refractivity contribution in [3.63, 3.8) is 0 Å². The quantitative estimate of drug-likeness (QED) is 0.532. The van der Waals surface area contributed by atoms with Crippen LogP contribution in [-0.2, 0) is 6.42 Å². The first-order chi connectivity index (χ1) is 13.5. The number of rotatable bonds is 4. The molecule has 0 radical (unpaired) electrons. The highest BCUT2D eigenvalue weighted by Gasteiger charge is 2.34. The standard InChI is InChI=1S/C23H18Cl2O3/c1-27-14-9-13(10-15(12-14)28-2)11-18-21-16(5-3-7-19(21)24)23(26)17-6-4-8-20(25)22(17)18/h3-10,12,18H,11H2,1-2H3. The van der Waals surface area contributed by atoms with Gasteiger partial charge in [0.2, 0.25) is 0 Å². The fraction of sp³-hybridized carbons (Fsp3) is 0.174. The van der Waals surface area contributed by atoms with Crippen molar-refractivity contribution in [1.82, 2.24) is 0 Å². The Hall–Kier alpha value is -2.49. The Balaban J connectivity index is 1.90. The number of carbonyl (C=O) groups excluding carboxylic acids is 1. The molecule has 0 amide bonds. The summed E-state index contributed by atoms with van der Waals surface area (Å²) in [5.41, 5.74) is 3.89. The molecule has 0 bridgehead atoms. The van der Waals surface area contributed by atoms with E-state index in [4.69, 9.17) is 32.7 Å². The van der Waals surface area contributed by atoms with E-state index >= 15 is 0 Å². The summed E-state index contributed by atoms with van der Waals surface area (Å²) in [4.78, 5) is 13.1. The number of halogens is 2. The molecular weight excluding hydrogens is 395 g/mol. The Bertz CT molecular complexity index is 998. The first-order valence-electron chi connectivity index (χ1n) is 8.87. The van der Waals surface area contributed by atoms with Crippen molar-refractivity contribution < 1.29 is 14.3 Å². The van der Waals surface area contributed by atoms with Crippen molar-refractivity contribution in [2.75, 3.05) is 14.2 Å². The zero-order valence-corrected chi connectivity index (χ0v) is 17.0. The van der Waals surface area contributed by atoms with Crippen molar-refractivity contribution in [2.24, 2.45) is 0 Å². The van der Waals surface area contributed by atoms with Crippen LogP contribution < -0.4 is 9.47 Å². The number of ketones is 1. The van der Waals surface area contributed by atoms with Crippen LogP contribution in [0.25, 0.3) is 0 Å². The van der Waals surface area contributed by atoms with E-state index in [1.165, 1.54) is 0 Å². The minimum absolute atomic E-state index is 0.0468. The average Bonchev–Trinajstić information content (AvgIpc) is 2.70. The van der Waals surface area contributed by atoms with Crippen LogP contribution in [-0.4, -0.2) is 20.0 Å². The number of fused-ring (bicyclic) bond motifs is 2. The Morgan fingerprint density at radius 2 is 1.32 bits per heavy atom. The molecule has 0 fully saturated rings.